The molecule has 1 amide bonds. The topological polar surface area (TPSA) is 134 Å². The van der Waals surface area contributed by atoms with Gasteiger partial charge in [-0.05, 0) is 36.8 Å². The van der Waals surface area contributed by atoms with Gasteiger partial charge in [-0.15, -0.1) is 0 Å². The van der Waals surface area contributed by atoms with Crippen molar-refractivity contribution in [2.24, 2.45) is 0 Å². The Morgan fingerprint density at radius 3 is 2.59 bits per heavy atom. The molecule has 1 N–H and O–H groups in total. The molecule has 10 heteroatoms. The summed E-state index contributed by atoms with van der Waals surface area (Å²) < 4.78 is 15.3. The number of methoxy groups -OCH3 is 1. The van der Waals surface area contributed by atoms with Crippen molar-refractivity contribution < 1.29 is 28.5 Å². The lowest BCUT2D eigenvalue weighted by Crippen LogP contribution is -2.30. The number of hydrogen-bond donors (Lipinski definition) is 1. The molecule has 0 saturated heterocycles. The lowest BCUT2D eigenvalue weighted by Gasteiger charge is -2.17. The molecule has 0 aliphatic carbocycles. The summed E-state index contributed by atoms with van der Waals surface area (Å²) >= 11 is 0. The van der Waals surface area contributed by atoms with E-state index in [1.807, 2.05) is 0 Å². The van der Waals surface area contributed by atoms with Crippen molar-refractivity contribution in [1.29, 1.82) is 0 Å². The molecule has 0 spiro atoms. The average Bonchev–Trinajstić information content (AvgIpc) is 3.29. The summed E-state index contributed by atoms with van der Waals surface area (Å²) in [4.78, 5) is 35.4. The molecule has 2 aromatic carbocycles. The van der Waals surface area contributed by atoms with Crippen molar-refractivity contribution in [2.45, 2.75) is 19.4 Å². The van der Waals surface area contributed by atoms with E-state index >= 15 is 0 Å². The summed E-state index contributed by atoms with van der Waals surface area (Å²) in [5.41, 5.74) is 1.38. The molecule has 0 aliphatic heterocycles. The van der Waals surface area contributed by atoms with Gasteiger partial charge in [-0.25, -0.2) is 0 Å². The molecule has 0 aliphatic rings. The van der Waals surface area contributed by atoms with Crippen molar-refractivity contribution in [2.75, 3.05) is 13.7 Å². The first-order valence-electron chi connectivity index (χ1n) is 9.73. The lowest BCUT2D eigenvalue weighted by molar-refractivity contribution is -0.384. The molecule has 10 nitrogen and oxygen atoms in total. The molecule has 0 fully saturated rings. The lowest BCUT2D eigenvalue weighted by atomic mass is 10.0. The number of nitro benzene ring substituents is 1. The molecule has 1 aromatic heterocycles. The number of carbonyl (C=O) groups excluding carboxylic acids is 2. The van der Waals surface area contributed by atoms with E-state index in [0.717, 1.165) is 5.56 Å². The van der Waals surface area contributed by atoms with E-state index in [9.17, 15) is 19.7 Å². The van der Waals surface area contributed by atoms with Crippen molar-refractivity contribution in [3.63, 3.8) is 0 Å². The highest BCUT2D eigenvalue weighted by atomic mass is 16.6. The van der Waals surface area contributed by atoms with Crippen LogP contribution in [0, 0.1) is 10.1 Å². The maximum Gasteiger partial charge on any atom is 0.308 e. The number of nitro groups is 1. The van der Waals surface area contributed by atoms with Crippen molar-refractivity contribution in [3.8, 4) is 17.0 Å². The zero-order valence-corrected chi connectivity index (χ0v) is 17.4. The fraction of sp³-hybridized carbons (Fsp3) is 0.227. The van der Waals surface area contributed by atoms with Gasteiger partial charge in [0.05, 0.1) is 31.1 Å². The van der Waals surface area contributed by atoms with Gasteiger partial charge in [0.15, 0.2) is 0 Å². The van der Waals surface area contributed by atoms with Gasteiger partial charge >= 0.3 is 5.97 Å². The molecular formula is C22H21N3O7. The van der Waals surface area contributed by atoms with Crippen LogP contribution in [0.5, 0.6) is 5.75 Å². The Balaban J connectivity index is 1.81. The third kappa shape index (κ3) is 5.48. The van der Waals surface area contributed by atoms with E-state index in [-0.39, 0.29) is 24.5 Å². The van der Waals surface area contributed by atoms with Crippen LogP contribution in [0.1, 0.15) is 35.5 Å². The van der Waals surface area contributed by atoms with Crippen molar-refractivity contribution in [1.82, 2.24) is 10.5 Å². The van der Waals surface area contributed by atoms with Crippen molar-refractivity contribution >= 4 is 17.6 Å². The molecule has 32 heavy (non-hydrogen) atoms. The highest BCUT2D eigenvalue weighted by Gasteiger charge is 2.24. The normalized spacial score (nSPS) is 11.4. The smallest absolute Gasteiger partial charge is 0.308 e. The third-order valence-electron chi connectivity index (χ3n) is 4.58. The molecule has 3 aromatic rings. The maximum atomic E-state index is 12.8. The zero-order valence-electron chi connectivity index (χ0n) is 17.4. The van der Waals surface area contributed by atoms with E-state index in [2.05, 4.69) is 10.5 Å². The SMILES string of the molecule is CCOC(=O)CC(NC(=O)c1cc(-c2ccc(OC)cc2)no1)c1cccc([N+](=O)[O-])c1. The molecule has 0 radical (unpaired) electrons. The number of esters is 1. The minimum Gasteiger partial charge on any atom is -0.497 e. The summed E-state index contributed by atoms with van der Waals surface area (Å²) in [6, 6.07) is 13.3. The highest BCUT2D eigenvalue weighted by Crippen LogP contribution is 2.25. The van der Waals surface area contributed by atoms with Crippen LogP contribution in [0.3, 0.4) is 0 Å². The van der Waals surface area contributed by atoms with E-state index in [1.54, 1.807) is 44.4 Å². The summed E-state index contributed by atoms with van der Waals surface area (Å²) in [6.07, 6.45) is -0.208. The standard InChI is InChI=1S/C22H21N3O7/c1-3-31-21(26)13-18(15-5-4-6-16(11-15)25(28)29)23-22(27)20-12-19(24-32-20)14-7-9-17(30-2)10-8-14/h4-12,18H,3,13H2,1-2H3,(H,23,27). The first-order valence-corrected chi connectivity index (χ1v) is 9.73. The van der Waals surface area contributed by atoms with E-state index < -0.39 is 22.8 Å². The van der Waals surface area contributed by atoms with Crippen LogP contribution in [0.25, 0.3) is 11.3 Å². The van der Waals surface area contributed by atoms with E-state index in [0.29, 0.717) is 17.0 Å². The Hall–Kier alpha value is -4.21. The molecule has 1 heterocycles. The average molecular weight is 439 g/mol. The second-order valence-electron chi connectivity index (χ2n) is 6.69. The molecule has 1 unspecified atom stereocenters. The predicted molar refractivity (Wildman–Crippen MR) is 113 cm³/mol. The summed E-state index contributed by atoms with van der Waals surface area (Å²) in [5.74, 6) is -0.581. The van der Waals surface area contributed by atoms with Crippen LogP contribution >= 0.6 is 0 Å². The van der Waals surface area contributed by atoms with E-state index in [1.165, 1.54) is 24.3 Å². The molecule has 1 atom stereocenters. The van der Waals surface area contributed by atoms with Gasteiger partial charge in [0.2, 0.25) is 5.76 Å². The monoisotopic (exact) mass is 439 g/mol. The minimum absolute atomic E-state index is 0.0740. The Morgan fingerprint density at radius 2 is 1.94 bits per heavy atom. The number of rotatable bonds is 9. The zero-order chi connectivity index (χ0) is 23.1. The number of aromatic nitrogens is 1. The Morgan fingerprint density at radius 1 is 1.19 bits per heavy atom. The Kier molecular flexibility index (Phi) is 7.17. The third-order valence-corrected chi connectivity index (χ3v) is 4.58. The molecule has 166 valence electrons. The minimum atomic E-state index is -0.865. The fourth-order valence-electron chi connectivity index (χ4n) is 3.00. The maximum absolute atomic E-state index is 12.8. The summed E-state index contributed by atoms with van der Waals surface area (Å²) in [7, 11) is 1.56. The van der Waals surface area contributed by atoms with Crippen LogP contribution < -0.4 is 10.1 Å². The second kappa shape index (κ2) is 10.2. The van der Waals surface area contributed by atoms with Crippen LogP contribution in [-0.4, -0.2) is 35.7 Å². The number of nitrogens with zero attached hydrogens (tertiary/aromatic N) is 2. The van der Waals surface area contributed by atoms with Crippen LogP contribution in [0.4, 0.5) is 5.69 Å². The van der Waals surface area contributed by atoms with Gasteiger partial charge in [-0.2, -0.15) is 0 Å². The van der Waals surface area contributed by atoms with Gasteiger partial charge in [0, 0.05) is 23.8 Å². The van der Waals surface area contributed by atoms with Crippen LogP contribution in [0.15, 0.2) is 59.1 Å². The molecular weight excluding hydrogens is 418 g/mol. The van der Waals surface area contributed by atoms with Crippen molar-refractivity contribution in [3.05, 3.63) is 76.0 Å². The highest BCUT2D eigenvalue weighted by molar-refractivity contribution is 5.93. The van der Waals surface area contributed by atoms with Gasteiger partial charge in [0.25, 0.3) is 11.6 Å². The summed E-state index contributed by atoms with van der Waals surface area (Å²) in [6.45, 7) is 1.83. The number of ether oxygens (including phenoxy) is 2. The van der Waals surface area contributed by atoms with Crippen LogP contribution in [0.2, 0.25) is 0 Å². The fourth-order valence-corrected chi connectivity index (χ4v) is 3.00. The van der Waals surface area contributed by atoms with Gasteiger partial charge in [-0.1, -0.05) is 17.3 Å². The number of amides is 1. The molecule has 0 saturated carbocycles. The van der Waals surface area contributed by atoms with Gasteiger partial charge in [-0.3, -0.25) is 19.7 Å². The number of hydrogen-bond acceptors (Lipinski definition) is 8. The first-order chi connectivity index (χ1) is 15.4. The number of non-ortho nitro benzene ring substituents is 1. The van der Waals surface area contributed by atoms with Crippen LogP contribution in [-0.2, 0) is 9.53 Å². The Labute approximate surface area is 183 Å². The largest absolute Gasteiger partial charge is 0.497 e. The van der Waals surface area contributed by atoms with E-state index in [4.69, 9.17) is 14.0 Å². The second-order valence-corrected chi connectivity index (χ2v) is 6.69. The number of nitrogens with one attached hydrogen (secondary N) is 1. The van der Waals surface area contributed by atoms with Gasteiger partial charge in [0.1, 0.15) is 11.4 Å². The molecule has 3 rings (SSSR count). The number of carbonyl (C=O) groups is 2. The summed E-state index contributed by atoms with van der Waals surface area (Å²) in [5, 5.41) is 17.7. The molecule has 0 bridgehead atoms. The number of benzene rings is 2. The van der Waals surface area contributed by atoms with Gasteiger partial charge < -0.3 is 19.3 Å². The predicted octanol–water partition coefficient (Wildman–Crippen LogP) is 3.68. The quantitative estimate of drug-likeness (QED) is 0.303. The Bertz CT molecular complexity index is 1110. The first kappa shape index (κ1) is 22.5.